The van der Waals surface area contributed by atoms with Crippen LogP contribution in [0, 0.1) is 0 Å². The van der Waals surface area contributed by atoms with Crippen molar-refractivity contribution in [1.29, 1.82) is 0 Å². The summed E-state index contributed by atoms with van der Waals surface area (Å²) < 4.78 is 10.5. The van der Waals surface area contributed by atoms with Crippen molar-refractivity contribution in [2.45, 2.75) is 31.7 Å². The van der Waals surface area contributed by atoms with Gasteiger partial charge in [-0.15, -0.1) is 6.58 Å². The highest BCUT2D eigenvalue weighted by molar-refractivity contribution is 5.26. The third-order valence-electron chi connectivity index (χ3n) is 2.72. The van der Waals surface area contributed by atoms with Crippen molar-refractivity contribution in [3.8, 4) is 5.75 Å². The largest absolute Gasteiger partial charge is 0.497 e. The second-order valence-electron chi connectivity index (χ2n) is 4.43. The minimum atomic E-state index is -0.659. The minimum absolute atomic E-state index is 0.209. The molecule has 2 N–H and O–H groups in total. The van der Waals surface area contributed by atoms with Crippen molar-refractivity contribution >= 4 is 0 Å². The lowest BCUT2D eigenvalue weighted by Crippen LogP contribution is -2.22. The molecule has 1 aromatic carbocycles. The predicted molar refractivity (Wildman–Crippen MR) is 74.1 cm³/mol. The van der Waals surface area contributed by atoms with Gasteiger partial charge in [-0.2, -0.15) is 0 Å². The van der Waals surface area contributed by atoms with Crippen LogP contribution in [0.4, 0.5) is 0 Å². The lowest BCUT2D eigenvalue weighted by Gasteiger charge is -2.14. The lowest BCUT2D eigenvalue weighted by atomic mass is 10.1. The molecule has 4 nitrogen and oxygen atoms in total. The van der Waals surface area contributed by atoms with Crippen LogP contribution in [0.5, 0.6) is 5.75 Å². The van der Waals surface area contributed by atoms with Crippen molar-refractivity contribution < 1.29 is 19.7 Å². The van der Waals surface area contributed by atoms with Gasteiger partial charge in [0.1, 0.15) is 5.75 Å². The number of benzene rings is 1. The van der Waals surface area contributed by atoms with Gasteiger partial charge in [0.25, 0.3) is 0 Å². The fourth-order valence-corrected chi connectivity index (χ4v) is 1.71. The molecule has 0 aliphatic heterocycles. The van der Waals surface area contributed by atoms with Gasteiger partial charge in [0.15, 0.2) is 0 Å². The summed E-state index contributed by atoms with van der Waals surface area (Å²) in [6.07, 6.45) is 1.20. The monoisotopic (exact) mass is 266 g/mol. The van der Waals surface area contributed by atoms with Gasteiger partial charge in [-0.25, -0.2) is 0 Å². The third-order valence-corrected chi connectivity index (χ3v) is 2.72. The van der Waals surface area contributed by atoms with Crippen molar-refractivity contribution in [3.63, 3.8) is 0 Å². The third kappa shape index (κ3) is 6.38. The van der Waals surface area contributed by atoms with Gasteiger partial charge in [-0.05, 0) is 24.1 Å². The normalized spacial score (nSPS) is 13.8. The van der Waals surface area contributed by atoms with Crippen LogP contribution in [-0.2, 0) is 11.3 Å². The van der Waals surface area contributed by atoms with E-state index in [2.05, 4.69) is 6.58 Å². The van der Waals surface area contributed by atoms with Crippen molar-refractivity contribution in [1.82, 2.24) is 0 Å². The van der Waals surface area contributed by atoms with Crippen molar-refractivity contribution in [2.75, 3.05) is 13.7 Å². The average molecular weight is 266 g/mol. The molecule has 0 aliphatic carbocycles. The molecule has 0 amide bonds. The Morgan fingerprint density at radius 3 is 2.47 bits per heavy atom. The molecule has 0 saturated carbocycles. The smallest absolute Gasteiger partial charge is 0.118 e. The summed E-state index contributed by atoms with van der Waals surface area (Å²) in [5.74, 6) is 0.802. The molecule has 0 aliphatic rings. The SMILES string of the molecule is C=CC[C@@H](O)C[C@H](O)COCc1ccc(OC)cc1. The molecule has 2 atom stereocenters. The predicted octanol–water partition coefficient (Wildman–Crippen LogP) is 1.90. The average Bonchev–Trinajstić information content (AvgIpc) is 2.39. The molecule has 1 aromatic rings. The summed E-state index contributed by atoms with van der Waals surface area (Å²) in [5, 5.41) is 19.2. The van der Waals surface area contributed by atoms with E-state index in [1.54, 1.807) is 13.2 Å². The van der Waals surface area contributed by atoms with E-state index in [0.717, 1.165) is 11.3 Å². The number of aliphatic hydroxyl groups is 2. The second kappa shape index (κ2) is 8.69. The molecule has 4 heteroatoms. The number of ether oxygens (including phenoxy) is 2. The van der Waals surface area contributed by atoms with Gasteiger partial charge in [-0.1, -0.05) is 18.2 Å². The first kappa shape index (κ1) is 15.7. The Balaban J connectivity index is 2.23. The topological polar surface area (TPSA) is 58.9 Å². The van der Waals surface area contributed by atoms with Gasteiger partial charge in [-0.3, -0.25) is 0 Å². The Morgan fingerprint density at radius 2 is 1.89 bits per heavy atom. The zero-order valence-electron chi connectivity index (χ0n) is 11.3. The Bertz CT molecular complexity index is 361. The summed E-state index contributed by atoms with van der Waals surface area (Å²) >= 11 is 0. The van der Waals surface area contributed by atoms with Crippen molar-refractivity contribution in [3.05, 3.63) is 42.5 Å². The molecule has 0 radical (unpaired) electrons. The van der Waals surface area contributed by atoms with Crippen LogP contribution in [0.2, 0.25) is 0 Å². The highest BCUT2D eigenvalue weighted by Gasteiger charge is 2.10. The molecule has 19 heavy (non-hydrogen) atoms. The zero-order valence-corrected chi connectivity index (χ0v) is 11.3. The molecule has 106 valence electrons. The van der Waals surface area contributed by atoms with Gasteiger partial charge >= 0.3 is 0 Å². The Labute approximate surface area is 114 Å². The summed E-state index contributed by atoms with van der Waals surface area (Å²) in [7, 11) is 1.62. The highest BCUT2D eigenvalue weighted by atomic mass is 16.5. The number of aliphatic hydroxyl groups excluding tert-OH is 2. The van der Waals surface area contributed by atoms with Gasteiger partial charge in [0, 0.05) is 6.42 Å². The summed E-state index contributed by atoms with van der Waals surface area (Å²) in [6.45, 7) is 4.18. The van der Waals surface area contributed by atoms with E-state index >= 15 is 0 Å². The van der Waals surface area contributed by atoms with Gasteiger partial charge in [0.05, 0.1) is 32.5 Å². The zero-order chi connectivity index (χ0) is 14.1. The first-order valence-corrected chi connectivity index (χ1v) is 6.33. The van der Waals surface area contributed by atoms with Crippen LogP contribution in [0.1, 0.15) is 18.4 Å². The van der Waals surface area contributed by atoms with Gasteiger partial charge in [0.2, 0.25) is 0 Å². The Morgan fingerprint density at radius 1 is 1.21 bits per heavy atom. The van der Waals surface area contributed by atoms with Crippen LogP contribution in [0.15, 0.2) is 36.9 Å². The van der Waals surface area contributed by atoms with E-state index < -0.39 is 12.2 Å². The number of hydrogen-bond donors (Lipinski definition) is 2. The van der Waals surface area contributed by atoms with Crippen LogP contribution in [-0.4, -0.2) is 36.1 Å². The summed E-state index contributed by atoms with van der Waals surface area (Å²) in [6, 6.07) is 7.56. The summed E-state index contributed by atoms with van der Waals surface area (Å²) in [5.41, 5.74) is 1.01. The minimum Gasteiger partial charge on any atom is -0.497 e. The van der Waals surface area contributed by atoms with Crippen LogP contribution in [0.25, 0.3) is 0 Å². The second-order valence-corrected chi connectivity index (χ2v) is 4.43. The first-order chi connectivity index (χ1) is 9.15. The van der Waals surface area contributed by atoms with Crippen LogP contribution >= 0.6 is 0 Å². The Hall–Kier alpha value is -1.36. The van der Waals surface area contributed by atoms with E-state index in [1.165, 1.54) is 0 Å². The van der Waals surface area contributed by atoms with Crippen LogP contribution in [0.3, 0.4) is 0 Å². The maximum Gasteiger partial charge on any atom is 0.118 e. The molecule has 0 fully saturated rings. The molecular weight excluding hydrogens is 244 g/mol. The molecule has 0 bridgehead atoms. The molecule has 1 rings (SSSR count). The standard InChI is InChI=1S/C15H22O4/c1-3-4-13(16)9-14(17)11-19-10-12-5-7-15(18-2)8-6-12/h3,5-8,13-14,16-17H,1,4,9-11H2,2H3/t13-,14+/m1/s1. The molecule has 0 unspecified atom stereocenters. The molecule has 0 spiro atoms. The van der Waals surface area contributed by atoms with E-state index in [9.17, 15) is 10.2 Å². The van der Waals surface area contributed by atoms with Crippen molar-refractivity contribution in [2.24, 2.45) is 0 Å². The first-order valence-electron chi connectivity index (χ1n) is 6.33. The fraction of sp³-hybridized carbons (Fsp3) is 0.467. The quantitative estimate of drug-likeness (QED) is 0.670. The van der Waals surface area contributed by atoms with Gasteiger partial charge < -0.3 is 19.7 Å². The maximum absolute atomic E-state index is 9.67. The molecule has 0 saturated heterocycles. The fourth-order valence-electron chi connectivity index (χ4n) is 1.71. The van der Waals surface area contributed by atoms with E-state index in [4.69, 9.17) is 9.47 Å². The number of methoxy groups -OCH3 is 1. The molecular formula is C15H22O4. The molecule has 0 heterocycles. The number of hydrogen-bond acceptors (Lipinski definition) is 4. The summed E-state index contributed by atoms with van der Waals surface area (Å²) in [4.78, 5) is 0. The van der Waals surface area contributed by atoms with E-state index in [-0.39, 0.29) is 6.61 Å². The van der Waals surface area contributed by atoms with E-state index in [1.807, 2.05) is 24.3 Å². The Kier molecular flexibility index (Phi) is 7.18. The van der Waals surface area contributed by atoms with E-state index in [0.29, 0.717) is 19.4 Å². The lowest BCUT2D eigenvalue weighted by molar-refractivity contribution is 0.00171. The van der Waals surface area contributed by atoms with Crippen LogP contribution < -0.4 is 4.74 Å². The number of rotatable bonds is 9. The molecule has 0 aromatic heterocycles. The highest BCUT2D eigenvalue weighted by Crippen LogP contribution is 2.12. The maximum atomic E-state index is 9.67.